The first-order valence-electron chi connectivity index (χ1n) is 4.75. The molecule has 0 spiro atoms. The zero-order chi connectivity index (χ0) is 10.2. The molecule has 0 N–H and O–H groups in total. The van der Waals surface area contributed by atoms with E-state index in [-0.39, 0.29) is 10.8 Å². The first-order chi connectivity index (χ1) is 5.06. The van der Waals surface area contributed by atoms with Gasteiger partial charge in [-0.05, 0) is 19.3 Å². The summed E-state index contributed by atoms with van der Waals surface area (Å²) in [5, 5.41) is 0. The summed E-state index contributed by atoms with van der Waals surface area (Å²) in [6.07, 6.45) is 1.01. The van der Waals surface area contributed by atoms with E-state index in [0.29, 0.717) is 0 Å². The number of halogens is 1. The van der Waals surface area contributed by atoms with E-state index < -0.39 is 5.67 Å². The number of alkyl halides is 1. The highest BCUT2D eigenvalue weighted by molar-refractivity contribution is 4.96. The van der Waals surface area contributed by atoms with Gasteiger partial charge in [0.25, 0.3) is 0 Å². The third-order valence-corrected chi connectivity index (χ3v) is 4.06. The molecule has 1 heteroatoms. The molecule has 0 aliphatic heterocycles. The summed E-state index contributed by atoms with van der Waals surface area (Å²) in [6.45, 7) is 13.7. The molecule has 74 valence electrons. The number of rotatable bonds is 3. The van der Waals surface area contributed by atoms with Crippen molar-refractivity contribution < 1.29 is 4.39 Å². The minimum Gasteiger partial charge on any atom is -0.244 e. The highest BCUT2D eigenvalue weighted by Gasteiger charge is 2.47. The lowest BCUT2D eigenvalue weighted by Crippen LogP contribution is -2.46. The Morgan fingerprint density at radius 3 is 1.33 bits per heavy atom. The van der Waals surface area contributed by atoms with Gasteiger partial charge in [0.15, 0.2) is 0 Å². The molecule has 0 bridgehead atoms. The van der Waals surface area contributed by atoms with Gasteiger partial charge in [-0.2, -0.15) is 0 Å². The molecule has 0 nitrogen and oxygen atoms in total. The van der Waals surface area contributed by atoms with Crippen LogP contribution in [0.4, 0.5) is 4.39 Å². The molecule has 0 aromatic carbocycles. The van der Waals surface area contributed by atoms with Gasteiger partial charge in [-0.3, -0.25) is 0 Å². The number of hydrogen-bond acceptors (Lipinski definition) is 0. The van der Waals surface area contributed by atoms with E-state index in [1.54, 1.807) is 13.8 Å². The van der Waals surface area contributed by atoms with Gasteiger partial charge in [-0.1, -0.05) is 41.0 Å². The summed E-state index contributed by atoms with van der Waals surface area (Å²) in [5.41, 5.74) is -1.35. The molecule has 0 aliphatic rings. The molecule has 0 fully saturated rings. The zero-order valence-electron chi connectivity index (χ0n) is 9.59. The van der Waals surface area contributed by atoms with E-state index in [2.05, 4.69) is 20.8 Å². The third kappa shape index (κ3) is 1.81. The predicted octanol–water partition coefficient (Wildman–Crippen LogP) is 4.20. The Balaban J connectivity index is 4.85. The molecule has 0 aliphatic carbocycles. The lowest BCUT2D eigenvalue weighted by molar-refractivity contribution is -0.0461. The second kappa shape index (κ2) is 3.01. The molecule has 0 unspecified atom stereocenters. The van der Waals surface area contributed by atoms with Crippen LogP contribution in [-0.4, -0.2) is 5.67 Å². The fourth-order valence-corrected chi connectivity index (χ4v) is 1.25. The Hall–Kier alpha value is -0.0700. The van der Waals surface area contributed by atoms with Crippen molar-refractivity contribution in [2.75, 3.05) is 0 Å². The zero-order valence-corrected chi connectivity index (χ0v) is 9.59. The van der Waals surface area contributed by atoms with E-state index in [9.17, 15) is 4.39 Å². The maximum Gasteiger partial charge on any atom is 0.111 e. The molecule has 0 aromatic heterocycles. The number of hydrogen-bond donors (Lipinski definition) is 0. The minimum atomic E-state index is -1.12. The van der Waals surface area contributed by atoms with Crippen LogP contribution in [-0.2, 0) is 0 Å². The van der Waals surface area contributed by atoms with E-state index >= 15 is 0 Å². The molecule has 0 radical (unpaired) electrons. The van der Waals surface area contributed by atoms with Crippen molar-refractivity contribution in [1.29, 1.82) is 0 Å². The largest absolute Gasteiger partial charge is 0.244 e. The Morgan fingerprint density at radius 2 is 1.25 bits per heavy atom. The lowest BCUT2D eigenvalue weighted by atomic mass is 9.59. The van der Waals surface area contributed by atoms with Crippen molar-refractivity contribution >= 4 is 0 Å². The normalized spacial score (nSPS) is 15.0. The van der Waals surface area contributed by atoms with Gasteiger partial charge in [-0.25, -0.2) is 4.39 Å². The molecule has 0 heterocycles. The Bertz CT molecular complexity index is 149. The predicted molar refractivity (Wildman–Crippen MR) is 53.0 cm³/mol. The quantitative estimate of drug-likeness (QED) is 0.601. The smallest absolute Gasteiger partial charge is 0.111 e. The minimum absolute atomic E-state index is 0.0469. The summed E-state index contributed by atoms with van der Waals surface area (Å²) in [4.78, 5) is 0. The molecule has 12 heavy (non-hydrogen) atoms. The molecule has 0 atom stereocenters. The first-order valence-corrected chi connectivity index (χ1v) is 4.75. The van der Waals surface area contributed by atoms with Gasteiger partial charge in [0, 0.05) is 5.41 Å². The van der Waals surface area contributed by atoms with Crippen molar-refractivity contribution in [2.45, 2.75) is 60.6 Å². The lowest BCUT2D eigenvalue weighted by Gasteiger charge is -2.47. The van der Waals surface area contributed by atoms with Crippen molar-refractivity contribution in [2.24, 2.45) is 10.8 Å². The summed E-state index contributed by atoms with van der Waals surface area (Å²) < 4.78 is 13.8. The SMILES string of the molecule is CCC(C)(C)C(C)(C)C(C)(C)F. The third-order valence-electron chi connectivity index (χ3n) is 4.06. The fraction of sp³-hybridized carbons (Fsp3) is 1.00. The van der Waals surface area contributed by atoms with E-state index in [1.165, 1.54) is 0 Å². The van der Waals surface area contributed by atoms with Crippen LogP contribution in [0.2, 0.25) is 0 Å². The maximum absolute atomic E-state index is 13.8. The molecule has 0 amide bonds. The van der Waals surface area contributed by atoms with Gasteiger partial charge in [0.1, 0.15) is 5.67 Å². The Kier molecular flexibility index (Phi) is 2.99. The highest BCUT2D eigenvalue weighted by atomic mass is 19.1. The summed E-state index contributed by atoms with van der Waals surface area (Å²) >= 11 is 0. The second-order valence-corrected chi connectivity index (χ2v) is 5.33. The van der Waals surface area contributed by atoms with E-state index in [1.807, 2.05) is 13.8 Å². The van der Waals surface area contributed by atoms with Crippen LogP contribution in [0.5, 0.6) is 0 Å². The van der Waals surface area contributed by atoms with Crippen molar-refractivity contribution in [3.05, 3.63) is 0 Å². The van der Waals surface area contributed by atoms with Gasteiger partial charge in [0.2, 0.25) is 0 Å². The van der Waals surface area contributed by atoms with Crippen LogP contribution >= 0.6 is 0 Å². The van der Waals surface area contributed by atoms with Crippen LogP contribution < -0.4 is 0 Å². The summed E-state index contributed by atoms with van der Waals surface area (Å²) in [6, 6.07) is 0. The van der Waals surface area contributed by atoms with Crippen LogP contribution in [0, 0.1) is 10.8 Å². The molecule has 0 aromatic rings. The topological polar surface area (TPSA) is 0 Å². The molecular formula is C11H23F. The van der Waals surface area contributed by atoms with E-state index in [0.717, 1.165) is 6.42 Å². The summed E-state index contributed by atoms with van der Waals surface area (Å²) in [7, 11) is 0. The monoisotopic (exact) mass is 174 g/mol. The van der Waals surface area contributed by atoms with Crippen LogP contribution in [0.3, 0.4) is 0 Å². The molecule has 0 saturated carbocycles. The Morgan fingerprint density at radius 1 is 0.917 bits per heavy atom. The van der Waals surface area contributed by atoms with Gasteiger partial charge >= 0.3 is 0 Å². The molecule has 0 rings (SSSR count). The van der Waals surface area contributed by atoms with Crippen molar-refractivity contribution in [3.63, 3.8) is 0 Å². The van der Waals surface area contributed by atoms with Gasteiger partial charge in [-0.15, -0.1) is 0 Å². The molecular weight excluding hydrogens is 151 g/mol. The maximum atomic E-state index is 13.8. The van der Waals surface area contributed by atoms with Gasteiger partial charge < -0.3 is 0 Å². The average molecular weight is 174 g/mol. The van der Waals surface area contributed by atoms with Crippen molar-refractivity contribution in [3.8, 4) is 0 Å². The highest BCUT2D eigenvalue weighted by Crippen LogP contribution is 2.49. The standard InChI is InChI=1S/C11H23F/c1-8-9(2,3)10(4,5)11(6,7)12/h8H2,1-7H3. The van der Waals surface area contributed by atoms with Crippen LogP contribution in [0.1, 0.15) is 54.9 Å². The van der Waals surface area contributed by atoms with Crippen LogP contribution in [0.25, 0.3) is 0 Å². The summed E-state index contributed by atoms with van der Waals surface area (Å²) in [5.74, 6) is 0. The Labute approximate surface area is 76.6 Å². The first kappa shape index (κ1) is 11.9. The second-order valence-electron chi connectivity index (χ2n) is 5.33. The van der Waals surface area contributed by atoms with Crippen LogP contribution in [0.15, 0.2) is 0 Å². The molecule has 0 saturated heterocycles. The van der Waals surface area contributed by atoms with Gasteiger partial charge in [0.05, 0.1) is 0 Å². The average Bonchev–Trinajstić information content (AvgIpc) is 1.85. The van der Waals surface area contributed by atoms with E-state index in [4.69, 9.17) is 0 Å². The van der Waals surface area contributed by atoms with Crippen molar-refractivity contribution in [1.82, 2.24) is 0 Å². The fourth-order valence-electron chi connectivity index (χ4n) is 1.25.